The maximum Gasteiger partial charge on any atom is 0.241 e. The van der Waals surface area contributed by atoms with Gasteiger partial charge in [0.25, 0.3) is 0 Å². The van der Waals surface area contributed by atoms with E-state index in [0.29, 0.717) is 11.9 Å². The monoisotopic (exact) mass is 368 g/mol. The predicted octanol–water partition coefficient (Wildman–Crippen LogP) is 2.14. The normalized spacial score (nSPS) is 14.9. The molecule has 0 radical (unpaired) electrons. The van der Waals surface area contributed by atoms with Crippen LogP contribution < -0.4 is 9.62 Å². The van der Waals surface area contributed by atoms with Gasteiger partial charge in [0.05, 0.1) is 11.4 Å². The summed E-state index contributed by atoms with van der Waals surface area (Å²) in [6.07, 6.45) is 2.20. The third-order valence-corrected chi connectivity index (χ3v) is 5.34. The highest BCUT2D eigenvalue weighted by molar-refractivity contribution is 7.89. The predicted molar refractivity (Wildman–Crippen MR) is 88.6 cm³/mol. The minimum atomic E-state index is -3.99. The maximum atomic E-state index is 13.3. The van der Waals surface area contributed by atoms with Crippen molar-refractivity contribution in [1.29, 1.82) is 0 Å². The Balaban J connectivity index is 1.77. The smallest absolute Gasteiger partial charge is 0.241 e. The molecule has 2 heterocycles. The van der Waals surface area contributed by atoms with E-state index in [2.05, 4.69) is 19.6 Å². The molecule has 1 aromatic heterocycles. The van der Waals surface area contributed by atoms with Gasteiger partial charge in [-0.3, -0.25) is 0 Å². The van der Waals surface area contributed by atoms with E-state index in [-0.39, 0.29) is 11.4 Å². The van der Waals surface area contributed by atoms with Crippen LogP contribution in [0, 0.1) is 18.6 Å². The Bertz CT molecular complexity index is 884. The molecule has 0 atom stereocenters. The lowest BCUT2D eigenvalue weighted by Gasteiger charge is -2.17. The zero-order valence-electron chi connectivity index (χ0n) is 13.7. The van der Waals surface area contributed by atoms with Crippen molar-refractivity contribution in [2.45, 2.75) is 31.2 Å². The largest absolute Gasteiger partial charge is 0.357 e. The number of nitrogens with zero attached hydrogens (tertiary/aromatic N) is 3. The Hall–Kier alpha value is -2.13. The van der Waals surface area contributed by atoms with E-state index in [9.17, 15) is 17.2 Å². The van der Waals surface area contributed by atoms with E-state index in [1.165, 1.54) is 0 Å². The summed E-state index contributed by atoms with van der Waals surface area (Å²) in [6.45, 7) is 3.51. The van der Waals surface area contributed by atoms with E-state index >= 15 is 0 Å². The van der Waals surface area contributed by atoms with Crippen LogP contribution >= 0.6 is 0 Å². The van der Waals surface area contributed by atoms with Crippen molar-refractivity contribution >= 4 is 15.8 Å². The highest BCUT2D eigenvalue weighted by Crippen LogP contribution is 2.19. The number of anilines is 1. The molecular weight excluding hydrogens is 350 g/mol. The molecule has 1 aromatic carbocycles. The minimum Gasteiger partial charge on any atom is -0.357 e. The van der Waals surface area contributed by atoms with Crippen LogP contribution in [0.5, 0.6) is 0 Å². The van der Waals surface area contributed by atoms with Crippen LogP contribution in [0.25, 0.3) is 0 Å². The Labute approximate surface area is 145 Å². The van der Waals surface area contributed by atoms with E-state index < -0.39 is 21.7 Å². The molecule has 0 aliphatic carbocycles. The first-order chi connectivity index (χ1) is 11.8. The van der Waals surface area contributed by atoms with Gasteiger partial charge in [-0.1, -0.05) is 0 Å². The summed E-state index contributed by atoms with van der Waals surface area (Å²) in [5.74, 6) is -1.22. The molecule has 0 amide bonds. The van der Waals surface area contributed by atoms with E-state index in [1.54, 1.807) is 0 Å². The Kier molecular flexibility index (Phi) is 4.96. The van der Waals surface area contributed by atoms with Gasteiger partial charge in [0.15, 0.2) is 11.6 Å². The van der Waals surface area contributed by atoms with Crippen molar-refractivity contribution in [3.05, 3.63) is 47.4 Å². The molecule has 0 saturated carbocycles. The molecule has 0 unspecified atom stereocenters. The van der Waals surface area contributed by atoms with Gasteiger partial charge < -0.3 is 4.90 Å². The lowest BCUT2D eigenvalue weighted by molar-refractivity contribution is 0.504. The van der Waals surface area contributed by atoms with Crippen molar-refractivity contribution in [3.63, 3.8) is 0 Å². The number of aromatic nitrogens is 2. The number of benzene rings is 1. The first-order valence-electron chi connectivity index (χ1n) is 7.89. The Morgan fingerprint density at radius 2 is 1.84 bits per heavy atom. The van der Waals surface area contributed by atoms with Crippen molar-refractivity contribution in [1.82, 2.24) is 14.7 Å². The average Bonchev–Trinajstić information content (AvgIpc) is 3.09. The first-order valence-corrected chi connectivity index (χ1v) is 9.38. The second kappa shape index (κ2) is 7.01. The molecule has 3 rings (SSSR count). The fourth-order valence-corrected chi connectivity index (χ4v) is 3.68. The van der Waals surface area contributed by atoms with Crippen LogP contribution in [0.3, 0.4) is 0 Å². The van der Waals surface area contributed by atoms with Crippen LogP contribution in [0.15, 0.2) is 29.2 Å². The number of rotatable bonds is 5. The molecule has 134 valence electrons. The van der Waals surface area contributed by atoms with Crippen molar-refractivity contribution in [2.24, 2.45) is 0 Å². The molecule has 0 bridgehead atoms. The first kappa shape index (κ1) is 17.7. The number of halogens is 2. The van der Waals surface area contributed by atoms with Gasteiger partial charge in [-0.2, -0.15) is 0 Å². The van der Waals surface area contributed by atoms with Crippen molar-refractivity contribution in [3.8, 4) is 0 Å². The Morgan fingerprint density at radius 1 is 1.12 bits per heavy atom. The van der Waals surface area contributed by atoms with Gasteiger partial charge >= 0.3 is 0 Å². The molecule has 1 aliphatic rings. The number of sulfonamides is 1. The highest BCUT2D eigenvalue weighted by atomic mass is 32.2. The van der Waals surface area contributed by atoms with Gasteiger partial charge in [-0.15, -0.1) is 0 Å². The van der Waals surface area contributed by atoms with Crippen molar-refractivity contribution in [2.75, 3.05) is 18.0 Å². The third-order valence-electron chi connectivity index (χ3n) is 3.94. The van der Waals surface area contributed by atoms with Crippen LogP contribution in [-0.4, -0.2) is 31.5 Å². The van der Waals surface area contributed by atoms with E-state index in [0.717, 1.165) is 49.6 Å². The summed E-state index contributed by atoms with van der Waals surface area (Å²) >= 11 is 0. The van der Waals surface area contributed by atoms with Crippen LogP contribution in [0.2, 0.25) is 0 Å². The molecule has 1 N–H and O–H groups in total. The molecule has 9 heteroatoms. The average molecular weight is 368 g/mol. The van der Waals surface area contributed by atoms with Gasteiger partial charge in [-0.25, -0.2) is 31.9 Å². The standard InChI is InChI=1S/C16H18F2N4O2S/c1-11-8-16(22-6-2-3-7-22)21-15(20-11)10-19-25(23,24)12-4-5-13(17)14(18)9-12/h4-5,8-9,19H,2-3,6-7,10H2,1H3. The fourth-order valence-electron chi connectivity index (χ4n) is 2.69. The summed E-state index contributed by atoms with van der Waals surface area (Å²) in [6, 6.07) is 4.29. The molecule has 25 heavy (non-hydrogen) atoms. The summed E-state index contributed by atoms with van der Waals surface area (Å²) in [7, 11) is -3.99. The molecule has 6 nitrogen and oxygen atoms in total. The van der Waals surface area contributed by atoms with Crippen LogP contribution in [0.4, 0.5) is 14.6 Å². The van der Waals surface area contributed by atoms with Gasteiger partial charge in [-0.05, 0) is 38.0 Å². The molecule has 1 fully saturated rings. The summed E-state index contributed by atoms with van der Waals surface area (Å²) in [5, 5.41) is 0. The quantitative estimate of drug-likeness (QED) is 0.875. The van der Waals surface area contributed by atoms with Crippen LogP contribution in [-0.2, 0) is 16.6 Å². The summed E-state index contributed by atoms with van der Waals surface area (Å²) in [4.78, 5) is 10.4. The van der Waals surface area contributed by atoms with Gasteiger partial charge in [0.1, 0.15) is 11.6 Å². The molecule has 1 saturated heterocycles. The molecular formula is C16H18F2N4O2S. The third kappa shape index (κ3) is 4.10. The number of nitrogens with one attached hydrogen (secondary N) is 1. The second-order valence-electron chi connectivity index (χ2n) is 5.88. The zero-order valence-corrected chi connectivity index (χ0v) is 14.5. The number of aryl methyl sites for hydroxylation is 1. The number of hydrogen-bond donors (Lipinski definition) is 1. The maximum absolute atomic E-state index is 13.3. The SMILES string of the molecule is Cc1cc(N2CCCC2)nc(CNS(=O)(=O)c2ccc(F)c(F)c2)n1. The van der Waals surface area contributed by atoms with Crippen LogP contribution in [0.1, 0.15) is 24.4 Å². The number of hydrogen-bond acceptors (Lipinski definition) is 5. The topological polar surface area (TPSA) is 75.2 Å². The Morgan fingerprint density at radius 3 is 2.52 bits per heavy atom. The van der Waals surface area contributed by atoms with Crippen molar-refractivity contribution < 1.29 is 17.2 Å². The molecule has 0 spiro atoms. The molecule has 2 aromatic rings. The second-order valence-corrected chi connectivity index (χ2v) is 7.65. The lowest BCUT2D eigenvalue weighted by Crippen LogP contribution is -2.26. The van der Waals surface area contributed by atoms with Gasteiger partial charge in [0, 0.05) is 24.8 Å². The van der Waals surface area contributed by atoms with E-state index in [4.69, 9.17) is 0 Å². The highest BCUT2D eigenvalue weighted by Gasteiger charge is 2.18. The summed E-state index contributed by atoms with van der Waals surface area (Å²) in [5.41, 5.74) is 0.735. The van der Waals surface area contributed by atoms with E-state index in [1.807, 2.05) is 13.0 Å². The fraction of sp³-hybridized carbons (Fsp3) is 0.375. The summed E-state index contributed by atoms with van der Waals surface area (Å²) < 4.78 is 53.0. The zero-order chi connectivity index (χ0) is 18.0. The van der Waals surface area contributed by atoms with Gasteiger partial charge in [0.2, 0.25) is 10.0 Å². The lowest BCUT2D eigenvalue weighted by atomic mass is 10.3. The minimum absolute atomic E-state index is 0.135. The molecule has 1 aliphatic heterocycles.